The molecule has 112 valence electrons. The van der Waals surface area contributed by atoms with Crippen LogP contribution >= 0.6 is 11.6 Å². The van der Waals surface area contributed by atoms with Crippen LogP contribution in [0.5, 0.6) is 0 Å². The first-order valence-corrected chi connectivity index (χ1v) is 7.94. The number of nitrogens with one attached hydrogen (secondary N) is 1. The summed E-state index contributed by atoms with van der Waals surface area (Å²) in [6.45, 7) is 0. The maximum atomic E-state index is 12.5. The van der Waals surface area contributed by atoms with Gasteiger partial charge in [0.2, 0.25) is 15.7 Å². The quantitative estimate of drug-likeness (QED) is 0.619. The van der Waals surface area contributed by atoms with Gasteiger partial charge in [0.25, 0.3) is 0 Å². The van der Waals surface area contributed by atoms with E-state index in [4.69, 9.17) is 11.6 Å². The molecule has 0 aromatic heterocycles. The van der Waals surface area contributed by atoms with E-state index in [2.05, 4.69) is 5.32 Å². The lowest BCUT2D eigenvalue weighted by Gasteiger charge is -2.11. The van der Waals surface area contributed by atoms with Crippen LogP contribution in [0.15, 0.2) is 29.2 Å². The summed E-state index contributed by atoms with van der Waals surface area (Å²) in [5.74, 6) is -3.55. The molecule has 0 atom stereocenters. The number of para-hydroxylation sites is 1. The Morgan fingerprint density at radius 2 is 1.90 bits per heavy atom. The number of rotatable bonds is 7. The summed E-state index contributed by atoms with van der Waals surface area (Å²) in [5, 5.41) is 2.34. The van der Waals surface area contributed by atoms with Crippen molar-refractivity contribution in [2.24, 2.45) is 0 Å². The zero-order chi connectivity index (χ0) is 15.2. The van der Waals surface area contributed by atoms with E-state index in [9.17, 15) is 22.0 Å². The number of alkyl halides is 3. The maximum Gasteiger partial charge on any atom is 0.341 e. The van der Waals surface area contributed by atoms with Crippen LogP contribution in [-0.2, 0) is 14.6 Å². The topological polar surface area (TPSA) is 63.2 Å². The molecule has 0 aliphatic rings. The molecule has 8 heteroatoms. The summed E-state index contributed by atoms with van der Waals surface area (Å²) in [7, 11) is -4.75. The monoisotopic (exact) mass is 325 g/mol. The van der Waals surface area contributed by atoms with E-state index in [-0.39, 0.29) is 12.1 Å². The molecule has 0 unspecified atom stereocenters. The second kappa shape index (κ2) is 7.54. The van der Waals surface area contributed by atoms with Crippen LogP contribution in [0.2, 0.25) is 0 Å². The molecular formula is C12H14ClF2NO3S. The van der Waals surface area contributed by atoms with Crippen molar-refractivity contribution < 1.29 is 22.0 Å². The molecule has 1 aromatic rings. The molecule has 1 N–H and O–H groups in total. The molecule has 0 aliphatic carbocycles. The van der Waals surface area contributed by atoms with E-state index < -0.39 is 26.4 Å². The van der Waals surface area contributed by atoms with Crippen molar-refractivity contribution in [3.8, 4) is 0 Å². The SMILES string of the molecule is O=C(CCCCCl)Nc1ccccc1S(=O)(=O)C(F)F. The first-order chi connectivity index (χ1) is 9.39. The number of unbranched alkanes of at least 4 members (excludes halogenated alkanes) is 1. The number of hydrogen-bond acceptors (Lipinski definition) is 3. The van der Waals surface area contributed by atoms with Crippen molar-refractivity contribution in [2.45, 2.75) is 29.9 Å². The van der Waals surface area contributed by atoms with Crippen molar-refractivity contribution in [1.82, 2.24) is 0 Å². The number of amides is 1. The average Bonchev–Trinajstić information content (AvgIpc) is 2.39. The number of halogens is 3. The van der Waals surface area contributed by atoms with Crippen molar-refractivity contribution >= 4 is 33.0 Å². The maximum absolute atomic E-state index is 12.5. The first-order valence-electron chi connectivity index (χ1n) is 5.86. The smallest absolute Gasteiger partial charge is 0.325 e. The van der Waals surface area contributed by atoms with Crippen molar-refractivity contribution in [3.05, 3.63) is 24.3 Å². The second-order valence-electron chi connectivity index (χ2n) is 4.00. The van der Waals surface area contributed by atoms with Crippen LogP contribution in [0.25, 0.3) is 0 Å². The highest BCUT2D eigenvalue weighted by Gasteiger charge is 2.29. The predicted molar refractivity (Wildman–Crippen MR) is 72.8 cm³/mol. The summed E-state index contributed by atoms with van der Waals surface area (Å²) in [5.41, 5.74) is -0.135. The minimum absolute atomic E-state index is 0.135. The fraction of sp³-hybridized carbons (Fsp3) is 0.417. The fourth-order valence-corrected chi connectivity index (χ4v) is 2.58. The Morgan fingerprint density at radius 3 is 2.50 bits per heavy atom. The molecule has 0 spiro atoms. The molecule has 0 saturated heterocycles. The Hall–Kier alpha value is -1.21. The van der Waals surface area contributed by atoms with Gasteiger partial charge in [0.05, 0.1) is 10.6 Å². The van der Waals surface area contributed by atoms with Gasteiger partial charge in [-0.3, -0.25) is 4.79 Å². The molecule has 1 amide bonds. The molecule has 0 radical (unpaired) electrons. The average molecular weight is 326 g/mol. The number of carbonyl (C=O) groups is 1. The number of benzene rings is 1. The minimum atomic E-state index is -4.75. The summed E-state index contributed by atoms with van der Waals surface area (Å²) < 4.78 is 48.0. The van der Waals surface area contributed by atoms with Gasteiger partial charge in [-0.2, -0.15) is 8.78 Å². The third-order valence-corrected chi connectivity index (χ3v) is 4.20. The largest absolute Gasteiger partial charge is 0.341 e. The third-order valence-electron chi connectivity index (χ3n) is 2.49. The molecule has 4 nitrogen and oxygen atoms in total. The van der Waals surface area contributed by atoms with Crippen LogP contribution in [0.1, 0.15) is 19.3 Å². The van der Waals surface area contributed by atoms with E-state index >= 15 is 0 Å². The van der Waals surface area contributed by atoms with Gasteiger partial charge in [0.15, 0.2) is 0 Å². The molecule has 0 fully saturated rings. The van der Waals surface area contributed by atoms with Gasteiger partial charge in [-0.05, 0) is 25.0 Å². The van der Waals surface area contributed by atoms with E-state index in [1.165, 1.54) is 18.2 Å². The van der Waals surface area contributed by atoms with Crippen molar-refractivity contribution in [2.75, 3.05) is 11.2 Å². The molecule has 0 aliphatic heterocycles. The van der Waals surface area contributed by atoms with Gasteiger partial charge >= 0.3 is 5.76 Å². The summed E-state index contributed by atoms with van der Waals surface area (Å²) in [4.78, 5) is 11.0. The van der Waals surface area contributed by atoms with E-state index in [0.717, 1.165) is 6.07 Å². The summed E-state index contributed by atoms with van der Waals surface area (Å²) in [6.07, 6.45) is 1.33. The van der Waals surface area contributed by atoms with Crippen LogP contribution in [0.3, 0.4) is 0 Å². The Kier molecular flexibility index (Phi) is 6.35. The molecule has 0 bridgehead atoms. The van der Waals surface area contributed by atoms with Gasteiger partial charge in [0, 0.05) is 12.3 Å². The van der Waals surface area contributed by atoms with Crippen LogP contribution < -0.4 is 5.32 Å². The van der Waals surface area contributed by atoms with Gasteiger partial charge in [0.1, 0.15) is 0 Å². The molecule has 20 heavy (non-hydrogen) atoms. The Bertz CT molecular complexity index is 564. The van der Waals surface area contributed by atoms with Gasteiger partial charge in [-0.25, -0.2) is 8.42 Å². The normalized spacial score (nSPS) is 11.6. The van der Waals surface area contributed by atoms with E-state index in [1.807, 2.05) is 0 Å². The highest BCUT2D eigenvalue weighted by molar-refractivity contribution is 7.91. The number of sulfone groups is 1. The molecular weight excluding hydrogens is 312 g/mol. The highest BCUT2D eigenvalue weighted by atomic mass is 35.5. The van der Waals surface area contributed by atoms with Crippen molar-refractivity contribution in [1.29, 1.82) is 0 Å². The van der Waals surface area contributed by atoms with Gasteiger partial charge in [-0.1, -0.05) is 12.1 Å². The Labute approximate surface area is 121 Å². The fourth-order valence-electron chi connectivity index (χ4n) is 1.51. The lowest BCUT2D eigenvalue weighted by molar-refractivity contribution is -0.116. The molecule has 0 heterocycles. The predicted octanol–water partition coefficient (Wildman–Crippen LogP) is 3.03. The molecule has 1 rings (SSSR count). The summed E-state index contributed by atoms with van der Waals surface area (Å²) >= 11 is 5.47. The molecule has 0 saturated carbocycles. The van der Waals surface area contributed by atoms with E-state index in [1.54, 1.807) is 0 Å². The zero-order valence-electron chi connectivity index (χ0n) is 10.5. The van der Waals surface area contributed by atoms with Gasteiger partial charge < -0.3 is 5.32 Å². The van der Waals surface area contributed by atoms with Crippen LogP contribution in [0.4, 0.5) is 14.5 Å². The van der Waals surface area contributed by atoms with Crippen LogP contribution in [0, 0.1) is 0 Å². The van der Waals surface area contributed by atoms with E-state index in [0.29, 0.717) is 18.7 Å². The summed E-state index contributed by atoms with van der Waals surface area (Å²) in [6, 6.07) is 5.09. The number of hydrogen-bond donors (Lipinski definition) is 1. The van der Waals surface area contributed by atoms with Gasteiger partial charge in [-0.15, -0.1) is 11.6 Å². The first kappa shape index (κ1) is 16.8. The van der Waals surface area contributed by atoms with Crippen molar-refractivity contribution in [3.63, 3.8) is 0 Å². The minimum Gasteiger partial charge on any atom is -0.325 e. The lowest BCUT2D eigenvalue weighted by atomic mass is 10.2. The molecule has 1 aromatic carbocycles. The highest BCUT2D eigenvalue weighted by Crippen LogP contribution is 2.26. The number of anilines is 1. The lowest BCUT2D eigenvalue weighted by Crippen LogP contribution is -2.17. The zero-order valence-corrected chi connectivity index (χ0v) is 12.1. The second-order valence-corrected chi connectivity index (χ2v) is 6.26. The number of carbonyl (C=O) groups excluding carboxylic acids is 1. The van der Waals surface area contributed by atoms with Crippen LogP contribution in [-0.4, -0.2) is 26.0 Å². The third kappa shape index (κ3) is 4.42. The standard InChI is InChI=1S/C12H14ClF2NO3S/c13-8-4-3-7-11(17)16-9-5-1-2-6-10(9)20(18,19)12(14)15/h1-2,5-6,12H,3-4,7-8H2,(H,16,17). The Balaban J connectivity index is 2.89. The Morgan fingerprint density at radius 1 is 1.25 bits per heavy atom.